The molecule has 0 fully saturated rings. The molecule has 0 saturated carbocycles. The molecule has 1 rings (SSSR count). The Balaban J connectivity index is 2.15. The normalized spacial score (nSPS) is 13.6. The van der Waals surface area contributed by atoms with Crippen molar-refractivity contribution in [1.29, 1.82) is 0 Å². The predicted octanol–water partition coefficient (Wildman–Crippen LogP) is 9.32. The van der Waals surface area contributed by atoms with Gasteiger partial charge in [-0.1, -0.05) is 118 Å². The van der Waals surface area contributed by atoms with E-state index in [1.807, 2.05) is 30.3 Å². The highest BCUT2D eigenvalue weighted by molar-refractivity contribution is 5.87. The highest BCUT2D eigenvalue weighted by Crippen LogP contribution is 2.18. The number of rotatable bonds is 25. The van der Waals surface area contributed by atoms with Crippen LogP contribution in [0.3, 0.4) is 0 Å². The molecular weight excluding hydrogens is 584 g/mol. The van der Waals surface area contributed by atoms with E-state index in [4.69, 9.17) is 0 Å². The fourth-order valence-corrected chi connectivity index (χ4v) is 4.76. The first-order valence-corrected chi connectivity index (χ1v) is 17.5. The van der Waals surface area contributed by atoms with E-state index in [0.717, 1.165) is 50.5 Å². The molecule has 6 heteroatoms. The molecule has 0 radical (unpaired) electrons. The van der Waals surface area contributed by atoms with Gasteiger partial charge >= 0.3 is 5.97 Å². The van der Waals surface area contributed by atoms with Gasteiger partial charge in [0.1, 0.15) is 6.04 Å². The van der Waals surface area contributed by atoms with Gasteiger partial charge in [0.25, 0.3) is 0 Å². The largest absolute Gasteiger partial charge is 0.480 e. The van der Waals surface area contributed by atoms with E-state index in [2.05, 4.69) is 98.2 Å². The minimum Gasteiger partial charge on any atom is -0.480 e. The van der Waals surface area contributed by atoms with Crippen molar-refractivity contribution in [2.24, 2.45) is 5.92 Å². The van der Waals surface area contributed by atoms with E-state index in [0.29, 0.717) is 44.6 Å². The highest BCUT2D eigenvalue weighted by Gasteiger charge is 2.23. The van der Waals surface area contributed by atoms with Crippen LogP contribution in [0.4, 0.5) is 0 Å². The highest BCUT2D eigenvalue weighted by atomic mass is 16.4. The molecule has 2 atom stereocenters. The van der Waals surface area contributed by atoms with Crippen LogP contribution >= 0.6 is 0 Å². The van der Waals surface area contributed by atoms with Crippen molar-refractivity contribution in [2.45, 2.75) is 117 Å². The Bertz CT molecular complexity index is 1190. The molecule has 0 aliphatic heterocycles. The molecule has 0 spiro atoms. The van der Waals surface area contributed by atoms with Crippen LogP contribution in [0.15, 0.2) is 97.2 Å². The summed E-state index contributed by atoms with van der Waals surface area (Å²) in [5, 5.41) is 15.2. The molecule has 0 aliphatic rings. The molecule has 2 amide bonds. The Morgan fingerprint density at radius 2 is 1.23 bits per heavy atom. The van der Waals surface area contributed by atoms with Crippen molar-refractivity contribution in [3.63, 3.8) is 0 Å². The van der Waals surface area contributed by atoms with E-state index >= 15 is 0 Å². The molecule has 0 heterocycles. The van der Waals surface area contributed by atoms with Gasteiger partial charge in [0.2, 0.25) is 11.8 Å². The lowest BCUT2D eigenvalue weighted by Crippen LogP contribution is -2.42. The number of hydrogen-bond donors (Lipinski definition) is 3. The molecule has 0 bridgehead atoms. The molecular formula is C41H60N2O4. The van der Waals surface area contributed by atoms with Crippen LogP contribution in [0, 0.1) is 5.92 Å². The molecule has 0 aromatic heterocycles. The van der Waals surface area contributed by atoms with Crippen LogP contribution in [0.1, 0.15) is 115 Å². The summed E-state index contributed by atoms with van der Waals surface area (Å²) in [4.78, 5) is 36.6. The molecule has 258 valence electrons. The summed E-state index contributed by atoms with van der Waals surface area (Å²) in [6, 6.07) is 7.01. The van der Waals surface area contributed by atoms with Crippen molar-refractivity contribution >= 4 is 17.8 Å². The smallest absolute Gasteiger partial charge is 0.326 e. The number of benzene rings is 1. The average molecular weight is 645 g/mol. The van der Waals surface area contributed by atoms with Gasteiger partial charge in [-0.05, 0) is 94.6 Å². The monoisotopic (exact) mass is 644 g/mol. The van der Waals surface area contributed by atoms with Crippen LogP contribution in [0.5, 0.6) is 0 Å². The average Bonchev–Trinajstić information content (AvgIpc) is 3.04. The minimum absolute atomic E-state index is 0.0131. The van der Waals surface area contributed by atoms with Gasteiger partial charge in [0.05, 0.1) is 5.92 Å². The van der Waals surface area contributed by atoms with Gasteiger partial charge in [-0.25, -0.2) is 4.79 Å². The third kappa shape index (κ3) is 22.3. The molecule has 0 saturated heterocycles. The molecule has 1 aromatic carbocycles. The number of nitrogens with one attached hydrogen (secondary N) is 2. The first kappa shape index (κ1) is 41.1. The lowest BCUT2D eigenvalue weighted by atomic mass is 9.96. The van der Waals surface area contributed by atoms with E-state index in [9.17, 15) is 19.5 Å². The van der Waals surface area contributed by atoms with E-state index in [1.165, 1.54) is 5.56 Å². The zero-order valence-corrected chi connectivity index (χ0v) is 29.3. The second kappa shape index (κ2) is 27.2. The summed E-state index contributed by atoms with van der Waals surface area (Å²) in [5.41, 5.74) is 2.09. The standard InChI is InChI=1S/C41H60N2O4/c1-5-6-7-8-9-10-11-12-13-14-15-16-17-18-19-20-21-22-23-27-39(44)42-32-25-24-26-38(41(46)47)43-40(45)35(4)37-30-28-36(29-31-37)33-34(2)3/h6-7,9-10,12-13,15-16,18-19,21-22,28-31,34-35,38H,5,8,11,14,17,20,23-27,32-33H2,1-4H3,(H,42,44)(H,43,45)(H,46,47). The number of allylic oxidation sites excluding steroid dienone is 12. The zero-order valence-electron chi connectivity index (χ0n) is 29.3. The summed E-state index contributed by atoms with van der Waals surface area (Å²) in [7, 11) is 0. The predicted molar refractivity (Wildman–Crippen MR) is 197 cm³/mol. The Labute approximate surface area is 284 Å². The van der Waals surface area contributed by atoms with Gasteiger partial charge in [-0.2, -0.15) is 0 Å². The second-order valence-electron chi connectivity index (χ2n) is 12.3. The lowest BCUT2D eigenvalue weighted by Gasteiger charge is -2.18. The fourth-order valence-electron chi connectivity index (χ4n) is 4.76. The van der Waals surface area contributed by atoms with Gasteiger partial charge < -0.3 is 15.7 Å². The van der Waals surface area contributed by atoms with Crippen LogP contribution in [-0.2, 0) is 20.8 Å². The number of unbranched alkanes of at least 4 members (excludes halogenated alkanes) is 1. The molecule has 0 aliphatic carbocycles. The second-order valence-corrected chi connectivity index (χ2v) is 12.3. The molecule has 2 unspecified atom stereocenters. The number of carboxylic acid groups (broad SMARTS) is 1. The third-order valence-corrected chi connectivity index (χ3v) is 7.51. The summed E-state index contributed by atoms with van der Waals surface area (Å²) in [5.74, 6) is -1.24. The number of hydrogen-bond acceptors (Lipinski definition) is 3. The number of aliphatic carboxylic acids is 1. The maximum absolute atomic E-state index is 12.8. The zero-order chi connectivity index (χ0) is 34.5. The van der Waals surface area contributed by atoms with Crippen LogP contribution in [0.2, 0.25) is 0 Å². The van der Waals surface area contributed by atoms with Crippen molar-refractivity contribution in [3.05, 3.63) is 108 Å². The Morgan fingerprint density at radius 3 is 1.72 bits per heavy atom. The van der Waals surface area contributed by atoms with Crippen molar-refractivity contribution < 1.29 is 19.5 Å². The number of carbonyl (C=O) groups is 3. The van der Waals surface area contributed by atoms with Gasteiger partial charge in [0.15, 0.2) is 0 Å². The van der Waals surface area contributed by atoms with E-state index < -0.39 is 17.9 Å². The Morgan fingerprint density at radius 1 is 0.723 bits per heavy atom. The van der Waals surface area contributed by atoms with Crippen LogP contribution in [0.25, 0.3) is 0 Å². The number of amides is 2. The molecule has 6 nitrogen and oxygen atoms in total. The van der Waals surface area contributed by atoms with Crippen LogP contribution in [-0.4, -0.2) is 35.5 Å². The summed E-state index contributed by atoms with van der Waals surface area (Å²) in [6.07, 6.45) is 35.4. The quantitative estimate of drug-likeness (QED) is 0.0730. The minimum atomic E-state index is -1.04. The number of carbonyl (C=O) groups excluding carboxylic acids is 2. The van der Waals surface area contributed by atoms with Crippen LogP contribution < -0.4 is 10.6 Å². The Hall–Kier alpha value is -3.93. The molecule has 1 aromatic rings. The number of carboxylic acids is 1. The molecule has 47 heavy (non-hydrogen) atoms. The Kier molecular flexibility index (Phi) is 23.8. The molecule has 3 N–H and O–H groups in total. The van der Waals surface area contributed by atoms with Gasteiger partial charge in [-0.3, -0.25) is 9.59 Å². The van der Waals surface area contributed by atoms with Gasteiger partial charge in [-0.15, -0.1) is 0 Å². The van der Waals surface area contributed by atoms with Gasteiger partial charge in [0, 0.05) is 13.0 Å². The topological polar surface area (TPSA) is 95.5 Å². The van der Waals surface area contributed by atoms with Crippen molar-refractivity contribution in [3.8, 4) is 0 Å². The summed E-state index contributed by atoms with van der Waals surface area (Å²) >= 11 is 0. The summed E-state index contributed by atoms with van der Waals surface area (Å²) < 4.78 is 0. The fraction of sp³-hybridized carbons (Fsp3) is 0.488. The van der Waals surface area contributed by atoms with E-state index in [-0.39, 0.29) is 11.8 Å². The van der Waals surface area contributed by atoms with Crippen molar-refractivity contribution in [1.82, 2.24) is 10.6 Å². The maximum atomic E-state index is 12.8. The first-order chi connectivity index (χ1) is 22.7. The van der Waals surface area contributed by atoms with E-state index in [1.54, 1.807) is 6.92 Å². The maximum Gasteiger partial charge on any atom is 0.326 e. The lowest BCUT2D eigenvalue weighted by molar-refractivity contribution is -0.142. The SMILES string of the molecule is CCC=CCC=CCC=CCC=CCC=CCC=CCCC(=O)NCCCCC(NC(=O)C(C)c1ccc(CC(C)C)cc1)C(=O)O. The summed E-state index contributed by atoms with van der Waals surface area (Å²) in [6.45, 7) is 8.76. The first-order valence-electron chi connectivity index (χ1n) is 17.5. The van der Waals surface area contributed by atoms with Crippen molar-refractivity contribution in [2.75, 3.05) is 6.54 Å². The third-order valence-electron chi connectivity index (χ3n) is 7.51.